The molecule has 1 saturated carbocycles. The van der Waals surface area contributed by atoms with Gasteiger partial charge in [-0.05, 0) is 37.0 Å². The van der Waals surface area contributed by atoms with E-state index in [0.29, 0.717) is 25.9 Å². The highest BCUT2D eigenvalue weighted by Crippen LogP contribution is 2.41. The molecule has 2 heterocycles. The summed E-state index contributed by atoms with van der Waals surface area (Å²) in [6, 6.07) is 3.70. The van der Waals surface area contributed by atoms with Crippen LogP contribution in [0.15, 0.2) is 24.5 Å². The second-order valence-corrected chi connectivity index (χ2v) is 6.12. The van der Waals surface area contributed by atoms with Crippen LogP contribution in [0.25, 0.3) is 0 Å². The highest BCUT2D eigenvalue weighted by atomic mass is 16.5. The summed E-state index contributed by atoms with van der Waals surface area (Å²) in [6.07, 6.45) is 5.92. The fourth-order valence-corrected chi connectivity index (χ4v) is 3.20. The smallest absolute Gasteiger partial charge is 0.311 e. The van der Waals surface area contributed by atoms with Gasteiger partial charge in [0.2, 0.25) is 5.91 Å². The summed E-state index contributed by atoms with van der Waals surface area (Å²) in [4.78, 5) is 27.8. The van der Waals surface area contributed by atoms with E-state index in [-0.39, 0.29) is 24.5 Å². The maximum Gasteiger partial charge on any atom is 0.311 e. The van der Waals surface area contributed by atoms with E-state index in [1.165, 1.54) is 0 Å². The number of ether oxygens (including phenoxy) is 1. The van der Waals surface area contributed by atoms with Crippen LogP contribution in [0.1, 0.15) is 37.4 Å². The number of carboxylic acids is 1. The van der Waals surface area contributed by atoms with E-state index in [1.54, 1.807) is 12.4 Å². The molecule has 118 valence electrons. The molecule has 2 atom stereocenters. The molecule has 2 N–H and O–H groups in total. The van der Waals surface area contributed by atoms with Gasteiger partial charge in [-0.3, -0.25) is 14.6 Å². The van der Waals surface area contributed by atoms with Crippen molar-refractivity contribution >= 4 is 11.9 Å². The van der Waals surface area contributed by atoms with Crippen LogP contribution in [-0.4, -0.2) is 35.1 Å². The Balaban J connectivity index is 1.63. The van der Waals surface area contributed by atoms with Crippen LogP contribution in [0.5, 0.6) is 0 Å². The van der Waals surface area contributed by atoms with Gasteiger partial charge in [-0.25, -0.2) is 0 Å². The van der Waals surface area contributed by atoms with Gasteiger partial charge >= 0.3 is 5.97 Å². The van der Waals surface area contributed by atoms with Crippen molar-refractivity contribution in [3.63, 3.8) is 0 Å². The molecule has 1 amide bonds. The fraction of sp³-hybridized carbons (Fsp3) is 0.562. The number of carbonyl (C=O) groups is 2. The van der Waals surface area contributed by atoms with Gasteiger partial charge in [0.25, 0.3) is 0 Å². The SMILES string of the molecule is O=C(NCC1(C(=O)O)CCC1)[C@@H]1CCO[C@H]1c1ccncc1. The molecule has 6 nitrogen and oxygen atoms in total. The number of rotatable bonds is 5. The van der Waals surface area contributed by atoms with Crippen LogP contribution in [0.2, 0.25) is 0 Å². The van der Waals surface area contributed by atoms with Gasteiger partial charge in [0.1, 0.15) is 0 Å². The molecule has 0 aromatic carbocycles. The molecule has 6 heteroatoms. The average Bonchev–Trinajstić information content (AvgIpc) is 2.96. The first-order chi connectivity index (χ1) is 10.6. The Kier molecular flexibility index (Phi) is 4.11. The molecule has 1 aliphatic heterocycles. The second-order valence-electron chi connectivity index (χ2n) is 6.12. The maximum atomic E-state index is 12.4. The average molecular weight is 304 g/mol. The molecule has 0 unspecified atom stereocenters. The summed E-state index contributed by atoms with van der Waals surface area (Å²) < 4.78 is 5.69. The van der Waals surface area contributed by atoms with Gasteiger partial charge in [0, 0.05) is 25.5 Å². The number of carbonyl (C=O) groups excluding carboxylic acids is 1. The van der Waals surface area contributed by atoms with E-state index in [1.807, 2.05) is 12.1 Å². The molecule has 22 heavy (non-hydrogen) atoms. The molecule has 2 aliphatic rings. The predicted molar refractivity (Wildman–Crippen MR) is 78.0 cm³/mol. The molecular weight excluding hydrogens is 284 g/mol. The minimum absolute atomic E-state index is 0.119. The third kappa shape index (κ3) is 2.70. The number of nitrogens with one attached hydrogen (secondary N) is 1. The van der Waals surface area contributed by atoms with E-state index in [2.05, 4.69) is 10.3 Å². The first-order valence-electron chi connectivity index (χ1n) is 7.65. The van der Waals surface area contributed by atoms with Crippen molar-refractivity contribution in [2.24, 2.45) is 11.3 Å². The normalized spacial score (nSPS) is 26.2. The summed E-state index contributed by atoms with van der Waals surface area (Å²) in [5, 5.41) is 12.1. The van der Waals surface area contributed by atoms with E-state index in [4.69, 9.17) is 4.74 Å². The summed E-state index contributed by atoms with van der Waals surface area (Å²) in [7, 11) is 0. The third-order valence-electron chi connectivity index (χ3n) is 4.83. The van der Waals surface area contributed by atoms with Crippen LogP contribution >= 0.6 is 0 Å². The zero-order valence-electron chi connectivity index (χ0n) is 12.3. The quantitative estimate of drug-likeness (QED) is 0.861. The van der Waals surface area contributed by atoms with Crippen LogP contribution in [0, 0.1) is 11.3 Å². The monoisotopic (exact) mass is 304 g/mol. The van der Waals surface area contributed by atoms with Crippen LogP contribution in [0.3, 0.4) is 0 Å². The number of carboxylic acid groups (broad SMARTS) is 1. The number of aliphatic carboxylic acids is 1. The van der Waals surface area contributed by atoms with Crippen molar-refractivity contribution in [1.82, 2.24) is 10.3 Å². The van der Waals surface area contributed by atoms with E-state index in [9.17, 15) is 14.7 Å². The lowest BCUT2D eigenvalue weighted by molar-refractivity contribution is -0.154. The van der Waals surface area contributed by atoms with Gasteiger partial charge in [-0.2, -0.15) is 0 Å². The number of pyridine rings is 1. The molecule has 0 spiro atoms. The fourth-order valence-electron chi connectivity index (χ4n) is 3.20. The molecule has 0 radical (unpaired) electrons. The maximum absolute atomic E-state index is 12.4. The summed E-state index contributed by atoms with van der Waals surface area (Å²) in [6.45, 7) is 0.746. The van der Waals surface area contributed by atoms with E-state index < -0.39 is 11.4 Å². The van der Waals surface area contributed by atoms with Crippen LogP contribution < -0.4 is 5.32 Å². The largest absolute Gasteiger partial charge is 0.481 e. The zero-order chi connectivity index (χ0) is 15.6. The molecule has 1 aromatic heterocycles. The first kappa shape index (κ1) is 15.0. The van der Waals surface area contributed by atoms with Gasteiger partial charge in [0.15, 0.2) is 0 Å². The molecule has 2 fully saturated rings. The summed E-state index contributed by atoms with van der Waals surface area (Å²) in [5.74, 6) is -1.20. The Labute approximate surface area is 128 Å². The minimum Gasteiger partial charge on any atom is -0.481 e. The van der Waals surface area contributed by atoms with E-state index >= 15 is 0 Å². The topological polar surface area (TPSA) is 88.5 Å². The number of aromatic nitrogens is 1. The Morgan fingerprint density at radius 1 is 1.36 bits per heavy atom. The summed E-state index contributed by atoms with van der Waals surface area (Å²) in [5.41, 5.74) is 0.172. The van der Waals surface area contributed by atoms with Gasteiger partial charge in [-0.15, -0.1) is 0 Å². The molecule has 1 aliphatic carbocycles. The van der Waals surface area contributed by atoms with E-state index in [0.717, 1.165) is 12.0 Å². The standard InChI is InChI=1S/C16H20N2O4/c19-14(18-10-16(15(20)21)5-1-6-16)12-4-9-22-13(12)11-2-7-17-8-3-11/h2-3,7-8,12-13H,1,4-6,9-10H2,(H,18,19)(H,20,21)/t12-,13+/m1/s1. The highest BCUT2D eigenvalue weighted by molar-refractivity contribution is 5.82. The van der Waals surface area contributed by atoms with Crippen molar-refractivity contribution in [1.29, 1.82) is 0 Å². The van der Waals surface area contributed by atoms with Gasteiger partial charge in [0.05, 0.1) is 17.4 Å². The Hall–Kier alpha value is -1.95. The molecular formula is C16H20N2O4. The lowest BCUT2D eigenvalue weighted by Crippen LogP contribution is -2.48. The number of nitrogens with zero attached hydrogens (tertiary/aromatic N) is 1. The Bertz CT molecular complexity index is 557. The first-order valence-corrected chi connectivity index (χ1v) is 7.65. The van der Waals surface area contributed by atoms with Crippen molar-refractivity contribution < 1.29 is 19.4 Å². The van der Waals surface area contributed by atoms with Crippen molar-refractivity contribution in [2.75, 3.05) is 13.2 Å². The van der Waals surface area contributed by atoms with Crippen molar-refractivity contribution in [2.45, 2.75) is 31.8 Å². The molecule has 3 rings (SSSR count). The zero-order valence-corrected chi connectivity index (χ0v) is 12.3. The lowest BCUT2D eigenvalue weighted by Gasteiger charge is -2.37. The van der Waals surface area contributed by atoms with Crippen LogP contribution in [0.4, 0.5) is 0 Å². The van der Waals surface area contributed by atoms with Gasteiger partial charge < -0.3 is 15.2 Å². The third-order valence-corrected chi connectivity index (χ3v) is 4.83. The summed E-state index contributed by atoms with van der Waals surface area (Å²) >= 11 is 0. The van der Waals surface area contributed by atoms with Crippen molar-refractivity contribution in [3.05, 3.63) is 30.1 Å². The number of amides is 1. The lowest BCUT2D eigenvalue weighted by atomic mass is 9.68. The molecule has 1 aromatic rings. The number of hydrogen-bond acceptors (Lipinski definition) is 4. The highest BCUT2D eigenvalue weighted by Gasteiger charge is 2.45. The van der Waals surface area contributed by atoms with Gasteiger partial charge in [-0.1, -0.05) is 6.42 Å². The van der Waals surface area contributed by atoms with Crippen LogP contribution in [-0.2, 0) is 14.3 Å². The minimum atomic E-state index is -0.813. The Morgan fingerprint density at radius 2 is 2.09 bits per heavy atom. The predicted octanol–water partition coefficient (Wildman–Crippen LogP) is 1.53. The molecule has 0 bridgehead atoms. The second kappa shape index (κ2) is 6.04. The number of hydrogen-bond donors (Lipinski definition) is 2. The van der Waals surface area contributed by atoms with Crippen molar-refractivity contribution in [3.8, 4) is 0 Å². The Morgan fingerprint density at radius 3 is 2.68 bits per heavy atom. The molecule has 1 saturated heterocycles.